The first kappa shape index (κ1) is 13.9. The normalized spacial score (nSPS) is 25.4. The lowest BCUT2D eigenvalue weighted by Crippen LogP contribution is -2.63. The molecule has 0 aromatic heterocycles. The Labute approximate surface area is 99.3 Å². The van der Waals surface area contributed by atoms with Crippen molar-refractivity contribution in [3.05, 3.63) is 0 Å². The smallest absolute Gasteiger partial charge is 0.255 e. The summed E-state index contributed by atoms with van der Waals surface area (Å²) in [4.78, 5) is 24.7. The van der Waals surface area contributed by atoms with E-state index in [2.05, 4.69) is 5.32 Å². The molecule has 2 unspecified atom stereocenters. The summed E-state index contributed by atoms with van der Waals surface area (Å²) in [6.07, 6.45) is -1.10. The zero-order valence-corrected chi connectivity index (χ0v) is 10.1. The predicted octanol–water partition coefficient (Wildman–Crippen LogP) is 1.16. The molecule has 0 saturated carbocycles. The number of alkyl halides is 2. The molecule has 98 valence electrons. The first-order valence-corrected chi connectivity index (χ1v) is 5.90. The molecule has 2 amide bonds. The third-order valence-corrected chi connectivity index (χ3v) is 2.88. The van der Waals surface area contributed by atoms with Crippen molar-refractivity contribution in [2.75, 3.05) is 6.54 Å². The summed E-state index contributed by atoms with van der Waals surface area (Å²) in [5.74, 6) is -0.718. The van der Waals surface area contributed by atoms with Crippen molar-refractivity contribution in [2.24, 2.45) is 0 Å². The first-order chi connectivity index (χ1) is 8.01. The van der Waals surface area contributed by atoms with Gasteiger partial charge in [-0.2, -0.15) is 0 Å². The number of nitrogens with zero attached hydrogens (tertiary/aromatic N) is 1. The van der Waals surface area contributed by atoms with Gasteiger partial charge in [-0.1, -0.05) is 20.3 Å². The molecule has 1 rings (SSSR count). The minimum atomic E-state index is -2.61. The average Bonchev–Trinajstić information content (AvgIpc) is 2.27. The molecule has 0 aliphatic carbocycles. The number of carbonyl (C=O) groups is 2. The second-order valence-electron chi connectivity index (χ2n) is 4.16. The van der Waals surface area contributed by atoms with Crippen molar-refractivity contribution >= 4 is 11.8 Å². The van der Waals surface area contributed by atoms with Crippen LogP contribution in [0, 0.1) is 0 Å². The first-order valence-electron chi connectivity index (χ1n) is 5.90. The molecule has 0 aromatic rings. The molecule has 0 bridgehead atoms. The van der Waals surface area contributed by atoms with Crippen molar-refractivity contribution < 1.29 is 18.4 Å². The highest BCUT2D eigenvalue weighted by Crippen LogP contribution is 2.17. The number of halogens is 2. The maximum atomic E-state index is 12.4. The molecular formula is C11H18F2N2O2. The average molecular weight is 248 g/mol. The SMILES string of the molecule is CCCC1C(=O)NC(CC)C(=O)N1CC(F)F. The second-order valence-corrected chi connectivity index (χ2v) is 4.16. The third-order valence-electron chi connectivity index (χ3n) is 2.88. The number of nitrogens with one attached hydrogen (secondary N) is 1. The van der Waals surface area contributed by atoms with Crippen LogP contribution in [-0.4, -0.2) is 41.8 Å². The summed E-state index contributed by atoms with van der Waals surface area (Å²) < 4.78 is 24.9. The number of amides is 2. The zero-order valence-electron chi connectivity index (χ0n) is 10.1. The van der Waals surface area contributed by atoms with E-state index >= 15 is 0 Å². The molecule has 1 aliphatic rings. The largest absolute Gasteiger partial charge is 0.343 e. The Kier molecular flexibility index (Phi) is 4.84. The van der Waals surface area contributed by atoms with Gasteiger partial charge in [0.15, 0.2) is 0 Å². The highest BCUT2D eigenvalue weighted by molar-refractivity contribution is 5.96. The second kappa shape index (κ2) is 5.93. The zero-order chi connectivity index (χ0) is 13.0. The van der Waals surface area contributed by atoms with E-state index in [0.29, 0.717) is 19.3 Å². The van der Waals surface area contributed by atoms with Crippen LogP contribution in [0.2, 0.25) is 0 Å². The minimum absolute atomic E-state index is 0.320. The fourth-order valence-corrected chi connectivity index (χ4v) is 2.03. The van der Waals surface area contributed by atoms with Gasteiger partial charge < -0.3 is 10.2 Å². The van der Waals surface area contributed by atoms with Crippen LogP contribution in [0.25, 0.3) is 0 Å². The van der Waals surface area contributed by atoms with Crippen LogP contribution in [0.15, 0.2) is 0 Å². The lowest BCUT2D eigenvalue weighted by molar-refractivity contribution is -0.151. The van der Waals surface area contributed by atoms with Gasteiger partial charge in [-0.15, -0.1) is 0 Å². The van der Waals surface area contributed by atoms with E-state index in [1.54, 1.807) is 6.92 Å². The van der Waals surface area contributed by atoms with Gasteiger partial charge in [-0.25, -0.2) is 8.78 Å². The highest BCUT2D eigenvalue weighted by Gasteiger charge is 2.40. The monoisotopic (exact) mass is 248 g/mol. The van der Waals surface area contributed by atoms with Crippen LogP contribution >= 0.6 is 0 Å². The van der Waals surface area contributed by atoms with Crippen molar-refractivity contribution in [1.29, 1.82) is 0 Å². The molecule has 2 atom stereocenters. The van der Waals surface area contributed by atoms with Crippen LogP contribution in [0.3, 0.4) is 0 Å². The molecule has 6 heteroatoms. The highest BCUT2D eigenvalue weighted by atomic mass is 19.3. The van der Waals surface area contributed by atoms with Crippen LogP contribution in [0.5, 0.6) is 0 Å². The predicted molar refractivity (Wildman–Crippen MR) is 58.6 cm³/mol. The Morgan fingerprint density at radius 3 is 2.47 bits per heavy atom. The minimum Gasteiger partial charge on any atom is -0.343 e. The van der Waals surface area contributed by atoms with Crippen molar-refractivity contribution in [3.8, 4) is 0 Å². The molecule has 0 aromatic carbocycles. The fourth-order valence-electron chi connectivity index (χ4n) is 2.03. The molecule has 1 fully saturated rings. The number of rotatable bonds is 5. The quantitative estimate of drug-likeness (QED) is 0.793. The number of hydrogen-bond donors (Lipinski definition) is 1. The van der Waals surface area contributed by atoms with Crippen molar-refractivity contribution in [1.82, 2.24) is 10.2 Å². The van der Waals surface area contributed by atoms with Gasteiger partial charge in [0.1, 0.15) is 12.1 Å². The van der Waals surface area contributed by atoms with Gasteiger partial charge in [-0.3, -0.25) is 9.59 Å². The topological polar surface area (TPSA) is 49.4 Å². The van der Waals surface area contributed by atoms with Gasteiger partial charge in [-0.05, 0) is 12.8 Å². The molecule has 0 radical (unpaired) electrons. The molecule has 1 N–H and O–H groups in total. The van der Waals surface area contributed by atoms with E-state index in [1.165, 1.54) is 0 Å². The van der Waals surface area contributed by atoms with E-state index in [-0.39, 0.29) is 5.91 Å². The van der Waals surface area contributed by atoms with Crippen LogP contribution in [0.4, 0.5) is 8.78 Å². The van der Waals surface area contributed by atoms with Crippen molar-refractivity contribution in [2.45, 2.75) is 51.6 Å². The van der Waals surface area contributed by atoms with E-state index in [9.17, 15) is 18.4 Å². The summed E-state index contributed by atoms with van der Waals surface area (Å²) >= 11 is 0. The van der Waals surface area contributed by atoms with Gasteiger partial charge in [0, 0.05) is 0 Å². The Morgan fingerprint density at radius 1 is 1.35 bits per heavy atom. The fraction of sp³-hybridized carbons (Fsp3) is 0.818. The van der Waals surface area contributed by atoms with Crippen LogP contribution in [-0.2, 0) is 9.59 Å². The number of carbonyl (C=O) groups excluding carboxylic acids is 2. The standard InChI is InChI=1S/C11H18F2N2O2/c1-3-5-8-10(16)14-7(4-2)11(17)15(8)6-9(12)13/h7-9H,3-6H2,1-2H3,(H,14,16). The van der Waals surface area contributed by atoms with E-state index in [0.717, 1.165) is 4.90 Å². The molecule has 4 nitrogen and oxygen atoms in total. The molecule has 1 heterocycles. The van der Waals surface area contributed by atoms with Gasteiger partial charge in [0.05, 0.1) is 6.54 Å². The summed E-state index contributed by atoms with van der Waals surface area (Å²) in [6, 6.07) is -1.40. The third kappa shape index (κ3) is 3.14. The molecule has 1 aliphatic heterocycles. The number of hydrogen-bond acceptors (Lipinski definition) is 2. The van der Waals surface area contributed by atoms with Crippen LogP contribution < -0.4 is 5.32 Å². The summed E-state index contributed by atoms with van der Waals surface area (Å²) in [5, 5.41) is 2.58. The van der Waals surface area contributed by atoms with Crippen molar-refractivity contribution in [3.63, 3.8) is 0 Å². The lowest BCUT2D eigenvalue weighted by Gasteiger charge is -2.38. The molecular weight excluding hydrogens is 230 g/mol. The molecule has 0 spiro atoms. The summed E-state index contributed by atoms with van der Waals surface area (Å²) in [6.45, 7) is 2.93. The Balaban J connectivity index is 2.86. The maximum absolute atomic E-state index is 12.4. The maximum Gasteiger partial charge on any atom is 0.255 e. The summed E-state index contributed by atoms with van der Waals surface area (Å²) in [5.41, 5.74) is 0. The van der Waals surface area contributed by atoms with E-state index in [1.807, 2.05) is 6.92 Å². The number of piperazine rings is 1. The van der Waals surface area contributed by atoms with E-state index in [4.69, 9.17) is 0 Å². The molecule has 17 heavy (non-hydrogen) atoms. The Morgan fingerprint density at radius 2 is 2.00 bits per heavy atom. The summed E-state index contributed by atoms with van der Waals surface area (Å²) in [7, 11) is 0. The Bertz CT molecular complexity index is 297. The van der Waals surface area contributed by atoms with Crippen LogP contribution in [0.1, 0.15) is 33.1 Å². The Hall–Kier alpha value is -1.20. The lowest BCUT2D eigenvalue weighted by atomic mass is 10.0. The van der Waals surface area contributed by atoms with E-state index < -0.39 is 31.0 Å². The van der Waals surface area contributed by atoms with Gasteiger partial charge in [0.2, 0.25) is 11.8 Å². The van der Waals surface area contributed by atoms with Gasteiger partial charge in [0.25, 0.3) is 6.43 Å². The van der Waals surface area contributed by atoms with Gasteiger partial charge >= 0.3 is 0 Å². The molecule has 1 saturated heterocycles.